The van der Waals surface area contributed by atoms with Gasteiger partial charge < -0.3 is 10.1 Å². The zero-order chi connectivity index (χ0) is 20.0. The number of amides is 1. The zero-order valence-electron chi connectivity index (χ0n) is 16.2. The van der Waals surface area contributed by atoms with Crippen molar-refractivity contribution in [3.63, 3.8) is 0 Å². The molecular weight excluding hydrogens is 342 g/mol. The minimum atomic E-state index is -0.699. The van der Waals surface area contributed by atoms with Crippen LogP contribution in [0.1, 0.15) is 59.0 Å². The van der Waals surface area contributed by atoms with E-state index in [0.717, 1.165) is 12.0 Å². The number of carbonyl (C=O) groups is 3. The van der Waals surface area contributed by atoms with Crippen LogP contribution in [0.4, 0.5) is 0 Å². The molecule has 0 saturated heterocycles. The maximum absolute atomic E-state index is 12.8. The van der Waals surface area contributed by atoms with Gasteiger partial charge in [-0.2, -0.15) is 0 Å². The summed E-state index contributed by atoms with van der Waals surface area (Å²) in [6.45, 7) is 7.28. The lowest BCUT2D eigenvalue weighted by molar-refractivity contribution is -0.125. The van der Waals surface area contributed by atoms with Crippen molar-refractivity contribution in [1.82, 2.24) is 5.32 Å². The Morgan fingerprint density at radius 3 is 2.15 bits per heavy atom. The average Bonchev–Trinajstić information content (AvgIpc) is 2.66. The first-order chi connectivity index (χ1) is 12.7. The molecule has 0 bridgehead atoms. The maximum Gasteiger partial charge on any atom is 0.339 e. The molecule has 1 amide bonds. The standard InChI is InChI=1S/C22H25NO4/c1-5-22(3,4)23-19(24)14-27-21(26)18-9-7-6-8-17(18)20(25)16-12-10-15(2)11-13-16/h6-13H,5,14H2,1-4H3,(H,23,24). The van der Waals surface area contributed by atoms with Crippen LogP contribution in [0.15, 0.2) is 48.5 Å². The Labute approximate surface area is 159 Å². The summed E-state index contributed by atoms with van der Waals surface area (Å²) in [6, 6.07) is 13.6. The van der Waals surface area contributed by atoms with E-state index in [1.54, 1.807) is 30.3 Å². The van der Waals surface area contributed by atoms with Crippen LogP contribution in [0.25, 0.3) is 0 Å². The summed E-state index contributed by atoms with van der Waals surface area (Å²) in [6.07, 6.45) is 0.751. The number of benzene rings is 2. The molecule has 0 aliphatic rings. The molecule has 5 heteroatoms. The van der Waals surface area contributed by atoms with E-state index in [-0.39, 0.29) is 28.4 Å². The number of carbonyl (C=O) groups excluding carboxylic acids is 3. The van der Waals surface area contributed by atoms with Gasteiger partial charge in [-0.25, -0.2) is 4.79 Å². The molecule has 27 heavy (non-hydrogen) atoms. The molecule has 0 radical (unpaired) electrons. The second kappa shape index (κ2) is 8.62. The van der Waals surface area contributed by atoms with Crippen LogP contribution < -0.4 is 5.32 Å². The predicted octanol–water partition coefficient (Wildman–Crippen LogP) is 3.69. The predicted molar refractivity (Wildman–Crippen MR) is 104 cm³/mol. The molecule has 0 fully saturated rings. The summed E-state index contributed by atoms with van der Waals surface area (Å²) in [4.78, 5) is 37.2. The highest BCUT2D eigenvalue weighted by molar-refractivity contribution is 6.14. The quantitative estimate of drug-likeness (QED) is 0.598. The van der Waals surface area contributed by atoms with E-state index in [1.807, 2.05) is 39.8 Å². The molecule has 1 N–H and O–H groups in total. The second-order valence-electron chi connectivity index (χ2n) is 7.10. The van der Waals surface area contributed by atoms with Crippen molar-refractivity contribution in [2.75, 3.05) is 6.61 Å². The zero-order valence-corrected chi connectivity index (χ0v) is 16.2. The van der Waals surface area contributed by atoms with E-state index in [0.29, 0.717) is 5.56 Å². The molecule has 2 rings (SSSR count). The van der Waals surface area contributed by atoms with E-state index >= 15 is 0 Å². The smallest absolute Gasteiger partial charge is 0.339 e. The lowest BCUT2D eigenvalue weighted by Crippen LogP contribution is -2.44. The van der Waals surface area contributed by atoms with Crippen molar-refractivity contribution in [2.45, 2.75) is 39.7 Å². The van der Waals surface area contributed by atoms with Crippen LogP contribution in [0.5, 0.6) is 0 Å². The highest BCUT2D eigenvalue weighted by Gasteiger charge is 2.22. The number of rotatable bonds is 7. The molecule has 0 aliphatic carbocycles. The number of hydrogen-bond acceptors (Lipinski definition) is 4. The highest BCUT2D eigenvalue weighted by Crippen LogP contribution is 2.16. The summed E-state index contributed by atoms with van der Waals surface area (Å²) >= 11 is 0. The molecule has 0 atom stereocenters. The highest BCUT2D eigenvalue weighted by atomic mass is 16.5. The van der Waals surface area contributed by atoms with E-state index in [9.17, 15) is 14.4 Å². The van der Waals surface area contributed by atoms with E-state index in [1.165, 1.54) is 6.07 Å². The molecule has 0 spiro atoms. The number of ether oxygens (including phenoxy) is 1. The molecule has 0 heterocycles. The number of aryl methyl sites for hydroxylation is 1. The largest absolute Gasteiger partial charge is 0.452 e. The Hall–Kier alpha value is -2.95. The Morgan fingerprint density at radius 2 is 1.56 bits per heavy atom. The van der Waals surface area contributed by atoms with Crippen molar-refractivity contribution in [1.29, 1.82) is 0 Å². The molecule has 2 aromatic carbocycles. The monoisotopic (exact) mass is 367 g/mol. The lowest BCUT2D eigenvalue weighted by Gasteiger charge is -2.24. The van der Waals surface area contributed by atoms with Gasteiger partial charge in [0.2, 0.25) is 0 Å². The number of ketones is 1. The first kappa shape index (κ1) is 20.4. The number of nitrogens with one attached hydrogen (secondary N) is 1. The van der Waals surface area contributed by atoms with Crippen LogP contribution in [0, 0.1) is 6.92 Å². The van der Waals surface area contributed by atoms with Crippen LogP contribution in [-0.4, -0.2) is 29.8 Å². The minimum absolute atomic E-state index is 0.144. The van der Waals surface area contributed by atoms with Crippen molar-refractivity contribution in [2.24, 2.45) is 0 Å². The lowest BCUT2D eigenvalue weighted by atomic mass is 9.98. The summed E-state index contributed by atoms with van der Waals surface area (Å²) in [5.41, 5.74) is 1.55. The third-order valence-corrected chi connectivity index (χ3v) is 4.40. The molecule has 0 unspecified atom stereocenters. The van der Waals surface area contributed by atoms with Gasteiger partial charge in [0.25, 0.3) is 5.91 Å². The Kier molecular flexibility index (Phi) is 6.50. The van der Waals surface area contributed by atoms with Crippen LogP contribution in [0.3, 0.4) is 0 Å². The fourth-order valence-electron chi connectivity index (χ4n) is 2.43. The van der Waals surface area contributed by atoms with Gasteiger partial charge in [0.1, 0.15) is 0 Å². The third kappa shape index (κ3) is 5.51. The van der Waals surface area contributed by atoms with Crippen molar-refractivity contribution < 1.29 is 19.1 Å². The molecule has 5 nitrogen and oxygen atoms in total. The minimum Gasteiger partial charge on any atom is -0.452 e. The van der Waals surface area contributed by atoms with Gasteiger partial charge in [-0.05, 0) is 33.3 Å². The van der Waals surface area contributed by atoms with Gasteiger partial charge in [0.05, 0.1) is 5.56 Å². The summed E-state index contributed by atoms with van der Waals surface area (Å²) in [7, 11) is 0. The SMILES string of the molecule is CCC(C)(C)NC(=O)COC(=O)c1ccccc1C(=O)c1ccc(C)cc1. The fourth-order valence-corrected chi connectivity index (χ4v) is 2.43. The summed E-state index contributed by atoms with van der Waals surface area (Å²) in [5, 5.41) is 2.80. The molecule has 2 aromatic rings. The van der Waals surface area contributed by atoms with E-state index in [2.05, 4.69) is 5.32 Å². The van der Waals surface area contributed by atoms with Crippen LogP contribution in [0.2, 0.25) is 0 Å². The average molecular weight is 367 g/mol. The van der Waals surface area contributed by atoms with Gasteiger partial charge in [-0.3, -0.25) is 9.59 Å². The third-order valence-electron chi connectivity index (χ3n) is 4.40. The topological polar surface area (TPSA) is 72.5 Å². The molecule has 0 saturated carbocycles. The maximum atomic E-state index is 12.8. The second-order valence-corrected chi connectivity index (χ2v) is 7.10. The number of hydrogen-bond donors (Lipinski definition) is 1. The fraction of sp³-hybridized carbons (Fsp3) is 0.318. The Bertz CT molecular complexity index is 838. The van der Waals surface area contributed by atoms with E-state index < -0.39 is 12.6 Å². The van der Waals surface area contributed by atoms with Gasteiger partial charge in [0, 0.05) is 16.7 Å². The van der Waals surface area contributed by atoms with Crippen molar-refractivity contribution in [3.8, 4) is 0 Å². The summed E-state index contributed by atoms with van der Waals surface area (Å²) in [5.74, 6) is -1.34. The van der Waals surface area contributed by atoms with E-state index in [4.69, 9.17) is 4.74 Å². The van der Waals surface area contributed by atoms with Gasteiger partial charge in [0.15, 0.2) is 12.4 Å². The van der Waals surface area contributed by atoms with Crippen LogP contribution in [-0.2, 0) is 9.53 Å². The molecular formula is C22H25NO4. The first-order valence-electron chi connectivity index (χ1n) is 8.92. The normalized spacial score (nSPS) is 11.0. The van der Waals surface area contributed by atoms with Gasteiger partial charge in [-0.1, -0.05) is 55.0 Å². The summed E-state index contributed by atoms with van der Waals surface area (Å²) < 4.78 is 5.12. The number of esters is 1. The molecule has 0 aliphatic heterocycles. The van der Waals surface area contributed by atoms with Crippen LogP contribution >= 0.6 is 0 Å². The van der Waals surface area contributed by atoms with Crippen molar-refractivity contribution >= 4 is 17.7 Å². The Morgan fingerprint density at radius 1 is 0.963 bits per heavy atom. The van der Waals surface area contributed by atoms with Crippen molar-refractivity contribution in [3.05, 3.63) is 70.8 Å². The van der Waals surface area contributed by atoms with Gasteiger partial charge in [-0.15, -0.1) is 0 Å². The molecule has 0 aromatic heterocycles. The van der Waals surface area contributed by atoms with Gasteiger partial charge >= 0.3 is 5.97 Å². The first-order valence-corrected chi connectivity index (χ1v) is 8.92. The molecule has 142 valence electrons. The Balaban J connectivity index is 2.12.